The van der Waals surface area contributed by atoms with Crippen molar-refractivity contribution in [1.82, 2.24) is 9.88 Å². The van der Waals surface area contributed by atoms with E-state index in [1.807, 2.05) is 0 Å². The van der Waals surface area contributed by atoms with E-state index in [9.17, 15) is 0 Å². The Morgan fingerprint density at radius 1 is 1.35 bits per heavy atom. The third kappa shape index (κ3) is 3.88. The number of hydrogen-bond acceptors (Lipinski definition) is 1. The van der Waals surface area contributed by atoms with Crippen molar-refractivity contribution in [2.24, 2.45) is 5.92 Å². The second-order valence-corrected chi connectivity index (χ2v) is 5.31. The van der Waals surface area contributed by atoms with Gasteiger partial charge in [-0.15, -0.1) is 0 Å². The fourth-order valence-corrected chi connectivity index (χ4v) is 2.89. The number of aryl methyl sites for hydroxylation is 1. The molecule has 1 aromatic heterocycles. The van der Waals surface area contributed by atoms with Gasteiger partial charge in [-0.3, -0.25) is 0 Å². The molecule has 0 aliphatic heterocycles. The third-order valence-corrected chi connectivity index (χ3v) is 3.90. The predicted molar refractivity (Wildman–Crippen MR) is 73.0 cm³/mol. The molecule has 2 heteroatoms. The molecular weight excluding hydrogens is 208 g/mol. The average Bonchev–Trinajstić information content (AvgIpc) is 2.96. The largest absolute Gasteiger partial charge is 0.350 e. The molecular formula is C15H26N2. The lowest BCUT2D eigenvalue weighted by Gasteiger charge is -2.11. The number of nitrogens with zero attached hydrogens (tertiary/aromatic N) is 1. The molecule has 0 bridgehead atoms. The van der Waals surface area contributed by atoms with E-state index in [0.717, 1.165) is 19.0 Å². The summed E-state index contributed by atoms with van der Waals surface area (Å²) < 4.78 is 2.36. The summed E-state index contributed by atoms with van der Waals surface area (Å²) in [6.45, 7) is 5.59. The maximum Gasteiger partial charge on any atom is 0.0359 e. The molecule has 17 heavy (non-hydrogen) atoms. The molecule has 0 amide bonds. The van der Waals surface area contributed by atoms with Crippen molar-refractivity contribution in [3.8, 4) is 0 Å². The number of hydrogen-bond donors (Lipinski definition) is 1. The second-order valence-electron chi connectivity index (χ2n) is 5.31. The van der Waals surface area contributed by atoms with E-state index in [1.165, 1.54) is 50.8 Å². The molecule has 0 aromatic carbocycles. The predicted octanol–water partition coefficient (Wildman–Crippen LogP) is 3.57. The lowest BCUT2D eigenvalue weighted by molar-refractivity contribution is 0.472. The van der Waals surface area contributed by atoms with Crippen LogP contribution in [0.2, 0.25) is 0 Å². The summed E-state index contributed by atoms with van der Waals surface area (Å²) in [5, 5.41) is 3.59. The van der Waals surface area contributed by atoms with Crippen LogP contribution in [0.25, 0.3) is 0 Å². The summed E-state index contributed by atoms with van der Waals surface area (Å²) in [6, 6.07) is 4.39. The quantitative estimate of drug-likeness (QED) is 0.714. The van der Waals surface area contributed by atoms with E-state index in [4.69, 9.17) is 0 Å². The van der Waals surface area contributed by atoms with Gasteiger partial charge in [-0.1, -0.05) is 32.6 Å². The molecule has 2 rings (SSSR count). The van der Waals surface area contributed by atoms with Crippen molar-refractivity contribution >= 4 is 0 Å². The summed E-state index contributed by atoms with van der Waals surface area (Å²) in [7, 11) is 0. The highest BCUT2D eigenvalue weighted by Crippen LogP contribution is 2.26. The molecule has 0 atom stereocenters. The van der Waals surface area contributed by atoms with E-state index in [2.05, 4.69) is 35.1 Å². The van der Waals surface area contributed by atoms with Gasteiger partial charge in [0.25, 0.3) is 0 Å². The molecule has 96 valence electrons. The van der Waals surface area contributed by atoms with Crippen LogP contribution in [-0.4, -0.2) is 11.1 Å². The molecule has 2 nitrogen and oxygen atoms in total. The molecule has 1 heterocycles. The molecule has 0 unspecified atom stereocenters. The Labute approximate surface area is 105 Å². The van der Waals surface area contributed by atoms with Gasteiger partial charge in [-0.2, -0.15) is 0 Å². The van der Waals surface area contributed by atoms with Gasteiger partial charge in [-0.25, -0.2) is 0 Å². The van der Waals surface area contributed by atoms with Crippen LogP contribution in [0, 0.1) is 5.92 Å². The van der Waals surface area contributed by atoms with Gasteiger partial charge < -0.3 is 9.88 Å². The van der Waals surface area contributed by atoms with Gasteiger partial charge in [0.2, 0.25) is 0 Å². The van der Waals surface area contributed by atoms with Crippen molar-refractivity contribution in [1.29, 1.82) is 0 Å². The Hall–Kier alpha value is -0.760. The monoisotopic (exact) mass is 234 g/mol. The van der Waals surface area contributed by atoms with Gasteiger partial charge in [0.05, 0.1) is 0 Å². The normalized spacial score (nSPS) is 16.8. The number of aromatic nitrogens is 1. The highest BCUT2D eigenvalue weighted by atomic mass is 15.0. The Morgan fingerprint density at radius 2 is 2.18 bits per heavy atom. The molecule has 1 aromatic rings. The average molecular weight is 234 g/mol. The van der Waals surface area contributed by atoms with Crippen LogP contribution < -0.4 is 5.32 Å². The van der Waals surface area contributed by atoms with Crippen LogP contribution in [0.5, 0.6) is 0 Å². The first-order valence-electron chi connectivity index (χ1n) is 7.25. The Kier molecular flexibility index (Phi) is 5.11. The summed E-state index contributed by atoms with van der Waals surface area (Å²) in [4.78, 5) is 0. The fourth-order valence-electron chi connectivity index (χ4n) is 2.89. The summed E-state index contributed by atoms with van der Waals surface area (Å²) >= 11 is 0. The Balaban J connectivity index is 1.65. The highest BCUT2D eigenvalue weighted by molar-refractivity contribution is 5.06. The minimum absolute atomic E-state index is 1.00. The fraction of sp³-hybridized carbons (Fsp3) is 0.733. The maximum atomic E-state index is 3.59. The van der Waals surface area contributed by atoms with E-state index in [0.29, 0.717) is 0 Å². The standard InChI is InChI=1S/C15H26N2/c1-2-11-17-12-5-8-15(17)13-16-10-9-14-6-3-4-7-14/h5,8,12,14,16H,2-4,6-7,9-11,13H2,1H3. The van der Waals surface area contributed by atoms with Crippen LogP contribution >= 0.6 is 0 Å². The van der Waals surface area contributed by atoms with Crippen molar-refractivity contribution in [3.63, 3.8) is 0 Å². The molecule has 1 saturated carbocycles. The summed E-state index contributed by atoms with van der Waals surface area (Å²) in [6.07, 6.45) is 10.6. The number of nitrogens with one attached hydrogen (secondary N) is 1. The Morgan fingerprint density at radius 3 is 2.94 bits per heavy atom. The summed E-state index contributed by atoms with van der Waals surface area (Å²) in [5.74, 6) is 1.00. The molecule has 0 radical (unpaired) electrons. The number of rotatable bonds is 7. The maximum absolute atomic E-state index is 3.59. The van der Waals surface area contributed by atoms with Gasteiger partial charge in [-0.05, 0) is 37.4 Å². The minimum atomic E-state index is 1.00. The van der Waals surface area contributed by atoms with Crippen molar-refractivity contribution < 1.29 is 0 Å². The van der Waals surface area contributed by atoms with Crippen LogP contribution in [-0.2, 0) is 13.1 Å². The van der Waals surface area contributed by atoms with Gasteiger partial charge in [0, 0.05) is 25.0 Å². The third-order valence-electron chi connectivity index (χ3n) is 3.90. The van der Waals surface area contributed by atoms with Gasteiger partial charge >= 0.3 is 0 Å². The first kappa shape index (κ1) is 12.7. The minimum Gasteiger partial charge on any atom is -0.350 e. The molecule has 1 fully saturated rings. The van der Waals surface area contributed by atoms with Crippen LogP contribution in [0.1, 0.15) is 51.1 Å². The van der Waals surface area contributed by atoms with Crippen LogP contribution in [0.4, 0.5) is 0 Å². The van der Waals surface area contributed by atoms with Gasteiger partial charge in [0.1, 0.15) is 0 Å². The second kappa shape index (κ2) is 6.85. The van der Waals surface area contributed by atoms with E-state index in [1.54, 1.807) is 0 Å². The molecule has 1 N–H and O–H groups in total. The zero-order valence-electron chi connectivity index (χ0n) is 11.1. The molecule has 0 saturated heterocycles. The van der Waals surface area contributed by atoms with E-state index >= 15 is 0 Å². The first-order valence-corrected chi connectivity index (χ1v) is 7.25. The topological polar surface area (TPSA) is 17.0 Å². The van der Waals surface area contributed by atoms with E-state index in [-0.39, 0.29) is 0 Å². The van der Waals surface area contributed by atoms with Crippen molar-refractivity contribution in [3.05, 3.63) is 24.0 Å². The molecule has 0 spiro atoms. The smallest absolute Gasteiger partial charge is 0.0359 e. The van der Waals surface area contributed by atoms with Gasteiger partial charge in [0.15, 0.2) is 0 Å². The summed E-state index contributed by atoms with van der Waals surface area (Å²) in [5.41, 5.74) is 1.43. The van der Waals surface area contributed by atoms with Crippen molar-refractivity contribution in [2.75, 3.05) is 6.54 Å². The zero-order valence-corrected chi connectivity index (χ0v) is 11.1. The van der Waals surface area contributed by atoms with E-state index < -0.39 is 0 Å². The van der Waals surface area contributed by atoms with Crippen LogP contribution in [0.3, 0.4) is 0 Å². The van der Waals surface area contributed by atoms with Crippen molar-refractivity contribution in [2.45, 2.75) is 58.5 Å². The first-order chi connectivity index (χ1) is 8.40. The lowest BCUT2D eigenvalue weighted by Crippen LogP contribution is -2.19. The SMILES string of the molecule is CCCn1cccc1CNCCC1CCCC1. The Bertz CT molecular complexity index is 310. The highest BCUT2D eigenvalue weighted by Gasteiger charge is 2.13. The molecule has 1 aliphatic rings. The zero-order chi connectivity index (χ0) is 11.9. The van der Waals surface area contributed by atoms with Crippen LogP contribution in [0.15, 0.2) is 18.3 Å². The molecule has 1 aliphatic carbocycles. The lowest BCUT2D eigenvalue weighted by atomic mass is 10.0.